The van der Waals surface area contributed by atoms with Gasteiger partial charge in [-0.25, -0.2) is 0 Å². The smallest absolute Gasteiger partial charge is 0.237 e. The van der Waals surface area contributed by atoms with E-state index in [1.807, 2.05) is 6.92 Å². The fourth-order valence-corrected chi connectivity index (χ4v) is 0.821. The van der Waals surface area contributed by atoms with Gasteiger partial charge in [0.15, 0.2) is 0 Å². The lowest BCUT2D eigenvalue weighted by Crippen LogP contribution is -2.42. The molecule has 0 saturated carbocycles. The number of carbonyl (C=O) groups excluding carboxylic acids is 1. The van der Waals surface area contributed by atoms with E-state index in [2.05, 4.69) is 5.32 Å². The molecule has 0 saturated heterocycles. The molecule has 4 nitrogen and oxygen atoms in total. The van der Waals surface area contributed by atoms with Crippen molar-refractivity contribution in [1.29, 1.82) is 0 Å². The second-order valence-electron chi connectivity index (χ2n) is 2.99. The van der Waals surface area contributed by atoms with E-state index in [-0.39, 0.29) is 12.5 Å². The summed E-state index contributed by atoms with van der Waals surface area (Å²) in [5.74, 6) is -0.183. The van der Waals surface area contributed by atoms with Crippen molar-refractivity contribution in [3.8, 4) is 0 Å². The maximum atomic E-state index is 11.1. The Bertz CT molecular complexity index is 137. The van der Waals surface area contributed by atoms with Crippen LogP contribution < -0.4 is 11.1 Å². The van der Waals surface area contributed by atoms with Crippen LogP contribution in [0.1, 0.15) is 26.7 Å². The minimum absolute atomic E-state index is 0.183. The monoisotopic (exact) mass is 174 g/mol. The van der Waals surface area contributed by atoms with Crippen molar-refractivity contribution in [2.24, 2.45) is 5.73 Å². The van der Waals surface area contributed by atoms with Crippen LogP contribution in [0.3, 0.4) is 0 Å². The molecular weight excluding hydrogens is 156 g/mol. The number of aliphatic hydroxyl groups excluding tert-OH is 1. The van der Waals surface area contributed by atoms with E-state index in [0.717, 1.165) is 6.42 Å². The van der Waals surface area contributed by atoms with Crippen LogP contribution in [0.25, 0.3) is 0 Å². The van der Waals surface area contributed by atoms with Gasteiger partial charge < -0.3 is 16.2 Å². The van der Waals surface area contributed by atoms with Crippen molar-refractivity contribution in [2.75, 3.05) is 6.54 Å². The topological polar surface area (TPSA) is 75.4 Å². The first-order valence-corrected chi connectivity index (χ1v) is 4.29. The number of amides is 1. The van der Waals surface area contributed by atoms with Crippen LogP contribution in [0.2, 0.25) is 0 Å². The van der Waals surface area contributed by atoms with Crippen LogP contribution in [0.5, 0.6) is 0 Å². The van der Waals surface area contributed by atoms with Crippen LogP contribution in [0, 0.1) is 0 Å². The van der Waals surface area contributed by atoms with Gasteiger partial charge in [0.2, 0.25) is 5.91 Å². The van der Waals surface area contributed by atoms with Crippen LogP contribution in [-0.2, 0) is 4.79 Å². The molecule has 0 heterocycles. The standard InChI is InChI=1S/C8H18N2O2/c1-3-4-7(9)8(12)10-5-6(2)11/h6-7,11H,3-5,9H2,1-2H3,(H,10,12)/t6-,7+/m0/s1. The zero-order valence-corrected chi connectivity index (χ0v) is 7.71. The van der Waals surface area contributed by atoms with Crippen LogP contribution >= 0.6 is 0 Å². The fraction of sp³-hybridized carbons (Fsp3) is 0.875. The summed E-state index contributed by atoms with van der Waals surface area (Å²) in [6, 6.07) is -0.436. The van der Waals surface area contributed by atoms with Gasteiger partial charge in [0.25, 0.3) is 0 Å². The zero-order chi connectivity index (χ0) is 9.56. The average molecular weight is 174 g/mol. The average Bonchev–Trinajstić information content (AvgIpc) is 2.00. The van der Waals surface area contributed by atoms with E-state index in [0.29, 0.717) is 6.42 Å². The van der Waals surface area contributed by atoms with Gasteiger partial charge in [-0.2, -0.15) is 0 Å². The number of hydrogen-bond acceptors (Lipinski definition) is 3. The predicted octanol–water partition coefficient (Wildman–Crippen LogP) is -0.389. The highest BCUT2D eigenvalue weighted by Crippen LogP contribution is 1.92. The summed E-state index contributed by atoms with van der Waals surface area (Å²) < 4.78 is 0. The lowest BCUT2D eigenvalue weighted by atomic mass is 10.1. The summed E-state index contributed by atoms with van der Waals surface area (Å²) >= 11 is 0. The van der Waals surface area contributed by atoms with Crippen molar-refractivity contribution in [1.82, 2.24) is 5.32 Å². The molecule has 0 aliphatic heterocycles. The highest BCUT2D eigenvalue weighted by atomic mass is 16.3. The number of rotatable bonds is 5. The van der Waals surface area contributed by atoms with E-state index < -0.39 is 12.1 Å². The highest BCUT2D eigenvalue weighted by molar-refractivity contribution is 5.81. The molecule has 12 heavy (non-hydrogen) atoms. The third-order valence-electron chi connectivity index (χ3n) is 1.51. The van der Waals surface area contributed by atoms with Crippen LogP contribution in [0.4, 0.5) is 0 Å². The predicted molar refractivity (Wildman–Crippen MR) is 47.6 cm³/mol. The molecule has 0 aliphatic rings. The molecule has 4 heteroatoms. The molecule has 1 amide bonds. The molecular formula is C8H18N2O2. The summed E-state index contributed by atoms with van der Waals surface area (Å²) in [5.41, 5.74) is 5.52. The Morgan fingerprint density at radius 2 is 2.25 bits per heavy atom. The largest absolute Gasteiger partial charge is 0.392 e. The second kappa shape index (κ2) is 5.97. The van der Waals surface area contributed by atoms with Gasteiger partial charge >= 0.3 is 0 Å². The van der Waals surface area contributed by atoms with Crippen molar-refractivity contribution in [3.63, 3.8) is 0 Å². The van der Waals surface area contributed by atoms with Gasteiger partial charge in [0.1, 0.15) is 0 Å². The summed E-state index contributed by atoms with van der Waals surface area (Å²) in [4.78, 5) is 11.1. The Hall–Kier alpha value is -0.610. The number of hydrogen-bond donors (Lipinski definition) is 3. The number of nitrogens with two attached hydrogens (primary N) is 1. The quantitative estimate of drug-likeness (QED) is 0.531. The first kappa shape index (κ1) is 11.4. The molecule has 0 aromatic heterocycles. The maximum absolute atomic E-state index is 11.1. The maximum Gasteiger partial charge on any atom is 0.237 e. The molecule has 72 valence electrons. The Morgan fingerprint density at radius 1 is 1.67 bits per heavy atom. The number of carbonyl (C=O) groups is 1. The molecule has 0 rings (SSSR count). The molecule has 0 unspecified atom stereocenters. The third-order valence-corrected chi connectivity index (χ3v) is 1.51. The zero-order valence-electron chi connectivity index (χ0n) is 7.71. The molecule has 0 fully saturated rings. The Kier molecular flexibility index (Phi) is 5.66. The van der Waals surface area contributed by atoms with E-state index in [9.17, 15) is 4.79 Å². The molecule has 0 aromatic rings. The minimum Gasteiger partial charge on any atom is -0.392 e. The summed E-state index contributed by atoms with van der Waals surface area (Å²) in [5, 5.41) is 11.4. The first-order valence-electron chi connectivity index (χ1n) is 4.29. The third kappa shape index (κ3) is 5.09. The normalized spacial score (nSPS) is 15.3. The molecule has 0 bridgehead atoms. The van der Waals surface area contributed by atoms with Crippen molar-refractivity contribution >= 4 is 5.91 Å². The Balaban J connectivity index is 3.57. The van der Waals surface area contributed by atoms with Gasteiger partial charge in [0, 0.05) is 6.54 Å². The summed E-state index contributed by atoms with van der Waals surface area (Å²) in [6.45, 7) is 3.86. The molecule has 4 N–H and O–H groups in total. The van der Waals surface area contributed by atoms with Gasteiger partial charge in [-0.3, -0.25) is 4.79 Å². The molecule has 0 spiro atoms. The van der Waals surface area contributed by atoms with E-state index >= 15 is 0 Å². The lowest BCUT2D eigenvalue weighted by Gasteiger charge is -2.11. The van der Waals surface area contributed by atoms with Gasteiger partial charge in [-0.1, -0.05) is 13.3 Å². The van der Waals surface area contributed by atoms with Crippen LogP contribution in [0.15, 0.2) is 0 Å². The van der Waals surface area contributed by atoms with Gasteiger partial charge in [-0.15, -0.1) is 0 Å². The fourth-order valence-electron chi connectivity index (χ4n) is 0.821. The van der Waals surface area contributed by atoms with Crippen molar-refractivity contribution in [2.45, 2.75) is 38.8 Å². The minimum atomic E-state index is -0.511. The highest BCUT2D eigenvalue weighted by Gasteiger charge is 2.11. The van der Waals surface area contributed by atoms with E-state index in [1.165, 1.54) is 0 Å². The number of aliphatic hydroxyl groups is 1. The molecule has 0 radical (unpaired) electrons. The van der Waals surface area contributed by atoms with Crippen molar-refractivity contribution in [3.05, 3.63) is 0 Å². The summed E-state index contributed by atoms with van der Waals surface area (Å²) in [7, 11) is 0. The molecule has 0 aromatic carbocycles. The van der Waals surface area contributed by atoms with Crippen LogP contribution in [-0.4, -0.2) is 29.7 Å². The lowest BCUT2D eigenvalue weighted by molar-refractivity contribution is -0.122. The Morgan fingerprint density at radius 3 is 2.67 bits per heavy atom. The SMILES string of the molecule is CCC[C@@H](N)C(=O)NC[C@H](C)O. The van der Waals surface area contributed by atoms with E-state index in [4.69, 9.17) is 10.8 Å². The van der Waals surface area contributed by atoms with E-state index in [1.54, 1.807) is 6.92 Å². The number of nitrogens with one attached hydrogen (secondary N) is 1. The summed E-state index contributed by atoms with van der Waals surface area (Å²) in [6.07, 6.45) is 1.07. The van der Waals surface area contributed by atoms with Gasteiger partial charge in [0.05, 0.1) is 12.1 Å². The Labute approximate surface area is 73.1 Å². The first-order chi connectivity index (χ1) is 5.57. The van der Waals surface area contributed by atoms with Gasteiger partial charge in [-0.05, 0) is 13.3 Å². The van der Waals surface area contributed by atoms with Crippen molar-refractivity contribution < 1.29 is 9.90 Å². The molecule has 0 aliphatic carbocycles. The molecule has 2 atom stereocenters. The second-order valence-corrected chi connectivity index (χ2v) is 2.99.